The molecule has 0 saturated carbocycles. The van der Waals surface area contributed by atoms with Crippen molar-refractivity contribution in [3.63, 3.8) is 0 Å². The number of unbranched alkanes of at least 4 members (excludes halogenated alkanes) is 1. The maximum absolute atomic E-state index is 10.4. The van der Waals surface area contributed by atoms with Crippen LogP contribution in [-0.4, -0.2) is 24.2 Å². The van der Waals surface area contributed by atoms with Crippen LogP contribution in [0.25, 0.3) is 6.08 Å². The van der Waals surface area contributed by atoms with Crippen LogP contribution in [0.5, 0.6) is 5.75 Å². The quantitative estimate of drug-likeness (QED) is 0.471. The highest BCUT2D eigenvalue weighted by Gasteiger charge is 2.02. The van der Waals surface area contributed by atoms with E-state index in [9.17, 15) is 4.79 Å². The second-order valence-electron chi connectivity index (χ2n) is 6.64. The minimum absolute atomic E-state index is 0.113. The molecule has 28 heavy (non-hydrogen) atoms. The lowest BCUT2D eigenvalue weighted by Crippen LogP contribution is -2.17. The second kappa shape index (κ2) is 12.2. The van der Waals surface area contributed by atoms with E-state index in [1.807, 2.05) is 30.4 Å². The zero-order chi connectivity index (χ0) is 20.2. The van der Waals surface area contributed by atoms with Crippen LogP contribution in [-0.2, 0) is 17.8 Å². The molecule has 0 heterocycles. The topological polar surface area (TPSA) is 58.6 Å². The summed E-state index contributed by atoms with van der Waals surface area (Å²) in [5.41, 5.74) is 3.39. The highest BCUT2D eigenvalue weighted by Crippen LogP contribution is 2.24. The lowest BCUT2D eigenvalue weighted by molar-refractivity contribution is -0.136. The van der Waals surface area contributed by atoms with E-state index in [0.29, 0.717) is 24.7 Å². The third-order valence-corrected chi connectivity index (χ3v) is 4.62. The molecule has 5 heteroatoms. The van der Waals surface area contributed by atoms with Gasteiger partial charge >= 0.3 is 5.97 Å². The Kier molecular flexibility index (Phi) is 9.60. The van der Waals surface area contributed by atoms with Gasteiger partial charge in [-0.25, -0.2) is 0 Å². The predicted molar refractivity (Wildman–Crippen MR) is 115 cm³/mol. The molecule has 150 valence electrons. The molecule has 4 nitrogen and oxygen atoms in total. The maximum Gasteiger partial charge on any atom is 0.304 e. The Balaban J connectivity index is 1.80. The maximum atomic E-state index is 10.4. The fourth-order valence-corrected chi connectivity index (χ4v) is 2.88. The van der Waals surface area contributed by atoms with E-state index in [2.05, 4.69) is 36.5 Å². The molecule has 2 aromatic carbocycles. The van der Waals surface area contributed by atoms with Gasteiger partial charge in [-0.05, 0) is 47.7 Å². The van der Waals surface area contributed by atoms with E-state index in [-0.39, 0.29) is 6.42 Å². The van der Waals surface area contributed by atoms with Crippen LogP contribution in [0.4, 0.5) is 0 Å². The van der Waals surface area contributed by atoms with Crippen molar-refractivity contribution in [1.29, 1.82) is 0 Å². The molecular formula is C23H28ClNO3. The summed E-state index contributed by atoms with van der Waals surface area (Å²) in [4.78, 5) is 10.4. The fraction of sp³-hybridized carbons (Fsp3) is 0.348. The molecule has 0 saturated heterocycles. The van der Waals surface area contributed by atoms with Gasteiger partial charge in [-0.15, -0.1) is 0 Å². The molecule has 0 atom stereocenters. The Morgan fingerprint density at radius 2 is 1.93 bits per heavy atom. The molecule has 0 radical (unpaired) electrons. The standard InChI is InChI=1S/C23H28ClNO3/c1-2-3-5-18-7-9-19(10-8-18)17-28-21-12-11-20(22(24)16-21)6-4-14-25-15-13-23(26)27/h4,6-12,16,25H,2-3,5,13-15,17H2,1H3,(H,26,27). The number of nitrogens with one attached hydrogen (secondary N) is 1. The van der Waals surface area contributed by atoms with Crippen LogP contribution in [0.3, 0.4) is 0 Å². The Hall–Kier alpha value is -2.30. The Morgan fingerprint density at radius 1 is 1.18 bits per heavy atom. The Labute approximate surface area is 172 Å². The van der Waals surface area contributed by atoms with Gasteiger partial charge in [0.05, 0.1) is 11.4 Å². The number of hydrogen-bond acceptors (Lipinski definition) is 3. The molecule has 0 fully saturated rings. The molecule has 0 bridgehead atoms. The lowest BCUT2D eigenvalue weighted by Gasteiger charge is -2.09. The first-order chi connectivity index (χ1) is 13.6. The number of carboxylic acids is 1. The predicted octanol–water partition coefficient (Wildman–Crippen LogP) is 5.34. The molecular weight excluding hydrogens is 374 g/mol. The van der Waals surface area contributed by atoms with Crippen molar-refractivity contribution in [1.82, 2.24) is 5.32 Å². The molecule has 0 spiro atoms. The van der Waals surface area contributed by atoms with Gasteiger partial charge in [0, 0.05) is 13.1 Å². The molecule has 0 aliphatic rings. The SMILES string of the molecule is CCCCc1ccc(COc2ccc(C=CCNCCC(=O)O)c(Cl)c2)cc1. The number of carbonyl (C=O) groups is 1. The summed E-state index contributed by atoms with van der Waals surface area (Å²) in [6, 6.07) is 14.2. The fourth-order valence-electron chi connectivity index (χ4n) is 2.65. The van der Waals surface area contributed by atoms with Crippen molar-refractivity contribution >= 4 is 23.6 Å². The van der Waals surface area contributed by atoms with Gasteiger partial charge in [-0.2, -0.15) is 0 Å². The smallest absolute Gasteiger partial charge is 0.304 e. The highest BCUT2D eigenvalue weighted by molar-refractivity contribution is 6.32. The number of aryl methyl sites for hydroxylation is 1. The first-order valence-electron chi connectivity index (χ1n) is 9.67. The van der Waals surface area contributed by atoms with Gasteiger partial charge in [-0.1, -0.05) is 61.4 Å². The summed E-state index contributed by atoms with van der Waals surface area (Å²) in [6.07, 6.45) is 7.49. The van der Waals surface area contributed by atoms with E-state index in [0.717, 1.165) is 23.3 Å². The first kappa shape index (κ1) is 22.0. The van der Waals surface area contributed by atoms with Gasteiger partial charge in [-0.3, -0.25) is 4.79 Å². The van der Waals surface area contributed by atoms with Crippen molar-refractivity contribution in [2.45, 2.75) is 39.2 Å². The zero-order valence-corrected chi connectivity index (χ0v) is 17.0. The van der Waals surface area contributed by atoms with Gasteiger partial charge in [0.2, 0.25) is 0 Å². The number of aliphatic carboxylic acids is 1. The van der Waals surface area contributed by atoms with Crippen LogP contribution in [0.1, 0.15) is 42.9 Å². The van der Waals surface area contributed by atoms with Crippen LogP contribution in [0.15, 0.2) is 48.5 Å². The normalized spacial score (nSPS) is 11.1. The molecule has 0 unspecified atom stereocenters. The van der Waals surface area contributed by atoms with Crippen molar-refractivity contribution in [2.75, 3.05) is 13.1 Å². The number of hydrogen-bond donors (Lipinski definition) is 2. The number of halogens is 1. The van der Waals surface area contributed by atoms with Gasteiger partial charge < -0.3 is 15.2 Å². The average Bonchev–Trinajstić information content (AvgIpc) is 2.69. The minimum Gasteiger partial charge on any atom is -0.489 e. The second-order valence-corrected chi connectivity index (χ2v) is 7.05. The van der Waals surface area contributed by atoms with Crippen molar-refractivity contribution in [3.8, 4) is 5.75 Å². The summed E-state index contributed by atoms with van der Waals surface area (Å²) in [5, 5.41) is 12.2. The van der Waals surface area contributed by atoms with Gasteiger partial charge in [0.1, 0.15) is 12.4 Å². The number of ether oxygens (including phenoxy) is 1. The van der Waals surface area contributed by atoms with Gasteiger partial charge in [0.15, 0.2) is 0 Å². The largest absolute Gasteiger partial charge is 0.489 e. The summed E-state index contributed by atoms with van der Waals surface area (Å²) >= 11 is 6.33. The third kappa shape index (κ3) is 8.15. The van der Waals surface area contributed by atoms with Crippen molar-refractivity contribution in [2.24, 2.45) is 0 Å². The van der Waals surface area contributed by atoms with E-state index in [1.165, 1.54) is 18.4 Å². The van der Waals surface area contributed by atoms with Crippen molar-refractivity contribution in [3.05, 3.63) is 70.3 Å². The van der Waals surface area contributed by atoms with Crippen LogP contribution in [0.2, 0.25) is 5.02 Å². The molecule has 0 aliphatic carbocycles. The van der Waals surface area contributed by atoms with E-state index in [4.69, 9.17) is 21.4 Å². The molecule has 2 N–H and O–H groups in total. The molecule has 2 aromatic rings. The number of carboxylic acid groups (broad SMARTS) is 1. The van der Waals surface area contributed by atoms with E-state index >= 15 is 0 Å². The van der Waals surface area contributed by atoms with Crippen molar-refractivity contribution < 1.29 is 14.6 Å². The first-order valence-corrected chi connectivity index (χ1v) is 10.1. The molecule has 0 aromatic heterocycles. The highest BCUT2D eigenvalue weighted by atomic mass is 35.5. The Bertz CT molecular complexity index is 772. The minimum atomic E-state index is -0.803. The summed E-state index contributed by atoms with van der Waals surface area (Å²) in [7, 11) is 0. The monoisotopic (exact) mass is 401 g/mol. The molecule has 0 amide bonds. The van der Waals surface area contributed by atoms with E-state index in [1.54, 1.807) is 0 Å². The summed E-state index contributed by atoms with van der Waals surface area (Å²) in [6.45, 7) is 3.75. The summed E-state index contributed by atoms with van der Waals surface area (Å²) in [5.74, 6) is -0.0701. The number of benzene rings is 2. The van der Waals surface area contributed by atoms with Crippen LogP contribution >= 0.6 is 11.6 Å². The number of rotatable bonds is 12. The molecule has 0 aliphatic heterocycles. The van der Waals surface area contributed by atoms with E-state index < -0.39 is 5.97 Å². The zero-order valence-electron chi connectivity index (χ0n) is 16.3. The third-order valence-electron chi connectivity index (χ3n) is 4.29. The molecule has 2 rings (SSSR count). The van der Waals surface area contributed by atoms with Crippen LogP contribution in [0, 0.1) is 0 Å². The Morgan fingerprint density at radius 3 is 2.61 bits per heavy atom. The van der Waals surface area contributed by atoms with Crippen LogP contribution < -0.4 is 10.1 Å². The van der Waals surface area contributed by atoms with Gasteiger partial charge in [0.25, 0.3) is 0 Å². The summed E-state index contributed by atoms with van der Waals surface area (Å²) < 4.78 is 5.85. The average molecular weight is 402 g/mol. The lowest BCUT2D eigenvalue weighted by atomic mass is 10.1.